The lowest BCUT2D eigenvalue weighted by Gasteiger charge is -2.12. The Morgan fingerprint density at radius 2 is 1.74 bits per heavy atom. The Balaban J connectivity index is 2.13. The average Bonchev–Trinajstić information content (AvgIpc) is 2.46. The van der Waals surface area contributed by atoms with Gasteiger partial charge in [-0.2, -0.15) is 10.2 Å². The van der Waals surface area contributed by atoms with Crippen molar-refractivity contribution in [2.75, 3.05) is 25.5 Å². The van der Waals surface area contributed by atoms with Gasteiger partial charge in [0.1, 0.15) is 0 Å². The Bertz CT molecular complexity index is 503. The van der Waals surface area contributed by atoms with Crippen molar-refractivity contribution in [2.45, 2.75) is 12.8 Å². The van der Waals surface area contributed by atoms with Crippen molar-refractivity contribution in [1.29, 1.82) is 0 Å². The summed E-state index contributed by atoms with van der Waals surface area (Å²) in [5.41, 5.74) is 9.65. The van der Waals surface area contributed by atoms with Gasteiger partial charge < -0.3 is 10.6 Å². The fourth-order valence-corrected chi connectivity index (χ4v) is 1.86. The quantitative estimate of drug-likeness (QED) is 0.890. The Kier molecular flexibility index (Phi) is 4.47. The number of hydrogen-bond donors (Lipinski definition) is 1. The molecule has 0 amide bonds. The highest BCUT2D eigenvalue weighted by Crippen LogP contribution is 2.20. The van der Waals surface area contributed by atoms with Crippen LogP contribution in [0.5, 0.6) is 0 Å². The molecule has 0 saturated carbocycles. The first-order chi connectivity index (χ1) is 9.20. The predicted octanol–water partition coefficient (Wildman–Crippen LogP) is 2.10. The molecule has 0 aliphatic rings. The molecule has 1 aromatic heterocycles. The molecule has 1 heterocycles. The van der Waals surface area contributed by atoms with Crippen molar-refractivity contribution in [2.24, 2.45) is 5.73 Å². The molecule has 0 bridgehead atoms. The molecule has 0 aliphatic carbocycles. The zero-order valence-corrected chi connectivity index (χ0v) is 11.5. The topological polar surface area (TPSA) is 55.0 Å². The molecular formula is C15H20N4. The second kappa shape index (κ2) is 6.29. The van der Waals surface area contributed by atoms with E-state index >= 15 is 0 Å². The van der Waals surface area contributed by atoms with E-state index in [9.17, 15) is 0 Å². The minimum absolute atomic E-state index is 0.690. The number of rotatable bonds is 5. The van der Waals surface area contributed by atoms with Crippen LogP contribution in [0.1, 0.15) is 12.1 Å². The smallest absolute Gasteiger partial charge is 0.0929 e. The third-order valence-corrected chi connectivity index (χ3v) is 3.04. The van der Waals surface area contributed by atoms with Crippen LogP contribution in [-0.2, 0) is 6.42 Å². The van der Waals surface area contributed by atoms with E-state index < -0.39 is 0 Å². The molecule has 2 N–H and O–H groups in total. The fraction of sp³-hybridized carbons (Fsp3) is 0.333. The summed E-state index contributed by atoms with van der Waals surface area (Å²) in [6, 6.07) is 12.3. The molecule has 0 atom stereocenters. The van der Waals surface area contributed by atoms with Gasteiger partial charge in [0.25, 0.3) is 0 Å². The van der Waals surface area contributed by atoms with Crippen LogP contribution in [-0.4, -0.2) is 30.8 Å². The van der Waals surface area contributed by atoms with E-state index in [0.717, 1.165) is 29.8 Å². The molecular weight excluding hydrogens is 236 g/mol. The second-order valence-corrected chi connectivity index (χ2v) is 4.74. The lowest BCUT2D eigenvalue weighted by atomic mass is 10.1. The van der Waals surface area contributed by atoms with Crippen LogP contribution in [0.3, 0.4) is 0 Å². The highest BCUT2D eigenvalue weighted by atomic mass is 15.1. The standard InChI is InChI=1S/C15H20N4/c1-19(2)14-8-5-12(6-9-14)15-10-7-13(17-18-15)4-3-11-16/h5-10H,3-4,11,16H2,1-2H3. The van der Waals surface area contributed by atoms with Gasteiger partial charge in [0.15, 0.2) is 0 Å². The first kappa shape index (κ1) is 13.5. The summed E-state index contributed by atoms with van der Waals surface area (Å²) in [6.07, 6.45) is 1.84. The van der Waals surface area contributed by atoms with E-state index in [2.05, 4.69) is 39.4 Å². The minimum atomic E-state index is 0.690. The Morgan fingerprint density at radius 1 is 1.00 bits per heavy atom. The van der Waals surface area contributed by atoms with Crippen LogP contribution in [0.2, 0.25) is 0 Å². The van der Waals surface area contributed by atoms with E-state index in [4.69, 9.17) is 5.73 Å². The molecule has 0 spiro atoms. The van der Waals surface area contributed by atoms with Gasteiger partial charge in [-0.25, -0.2) is 0 Å². The van der Waals surface area contributed by atoms with Gasteiger partial charge in [-0.1, -0.05) is 12.1 Å². The van der Waals surface area contributed by atoms with E-state index in [1.165, 1.54) is 5.69 Å². The molecule has 4 nitrogen and oxygen atoms in total. The van der Waals surface area contributed by atoms with Gasteiger partial charge in [0.05, 0.1) is 11.4 Å². The minimum Gasteiger partial charge on any atom is -0.378 e. The third-order valence-electron chi connectivity index (χ3n) is 3.04. The average molecular weight is 256 g/mol. The number of nitrogens with zero attached hydrogens (tertiary/aromatic N) is 3. The zero-order chi connectivity index (χ0) is 13.7. The molecule has 0 unspecified atom stereocenters. The summed E-state index contributed by atoms with van der Waals surface area (Å²) in [6.45, 7) is 0.690. The predicted molar refractivity (Wildman–Crippen MR) is 79.2 cm³/mol. The van der Waals surface area contributed by atoms with Crippen LogP contribution in [0, 0.1) is 0 Å². The van der Waals surface area contributed by atoms with Crippen molar-refractivity contribution >= 4 is 5.69 Å². The summed E-state index contributed by atoms with van der Waals surface area (Å²) < 4.78 is 0. The number of hydrogen-bond acceptors (Lipinski definition) is 4. The monoisotopic (exact) mass is 256 g/mol. The van der Waals surface area contributed by atoms with E-state index in [-0.39, 0.29) is 0 Å². The number of benzene rings is 1. The van der Waals surface area contributed by atoms with Crippen LogP contribution < -0.4 is 10.6 Å². The molecule has 0 saturated heterocycles. The van der Waals surface area contributed by atoms with Crippen LogP contribution >= 0.6 is 0 Å². The lowest BCUT2D eigenvalue weighted by molar-refractivity contribution is 0.789. The maximum Gasteiger partial charge on any atom is 0.0929 e. The third kappa shape index (κ3) is 3.51. The van der Waals surface area contributed by atoms with Crippen molar-refractivity contribution in [3.8, 4) is 11.3 Å². The molecule has 1 aromatic carbocycles. The van der Waals surface area contributed by atoms with E-state index in [0.29, 0.717) is 6.54 Å². The molecule has 2 aromatic rings. The van der Waals surface area contributed by atoms with Gasteiger partial charge >= 0.3 is 0 Å². The van der Waals surface area contributed by atoms with Gasteiger partial charge in [-0.05, 0) is 43.7 Å². The van der Waals surface area contributed by atoms with Crippen molar-refractivity contribution in [3.05, 3.63) is 42.1 Å². The number of nitrogens with two attached hydrogens (primary N) is 1. The summed E-state index contributed by atoms with van der Waals surface area (Å²) >= 11 is 0. The zero-order valence-electron chi connectivity index (χ0n) is 11.5. The van der Waals surface area contributed by atoms with Gasteiger partial charge in [-0.3, -0.25) is 0 Å². The molecule has 2 rings (SSSR count). The van der Waals surface area contributed by atoms with Crippen LogP contribution in [0.25, 0.3) is 11.3 Å². The van der Waals surface area contributed by atoms with Gasteiger partial charge in [-0.15, -0.1) is 0 Å². The molecule has 0 aliphatic heterocycles. The Morgan fingerprint density at radius 3 is 2.26 bits per heavy atom. The normalized spacial score (nSPS) is 10.5. The van der Waals surface area contributed by atoms with Gasteiger partial charge in [0, 0.05) is 25.3 Å². The summed E-state index contributed by atoms with van der Waals surface area (Å²) in [5, 5.41) is 8.51. The first-order valence-electron chi connectivity index (χ1n) is 6.51. The summed E-state index contributed by atoms with van der Waals surface area (Å²) in [5.74, 6) is 0. The number of aromatic nitrogens is 2. The van der Waals surface area contributed by atoms with Crippen molar-refractivity contribution in [1.82, 2.24) is 10.2 Å². The number of aryl methyl sites for hydroxylation is 1. The largest absolute Gasteiger partial charge is 0.378 e. The molecule has 19 heavy (non-hydrogen) atoms. The van der Waals surface area contributed by atoms with Crippen molar-refractivity contribution in [3.63, 3.8) is 0 Å². The van der Waals surface area contributed by atoms with Crippen molar-refractivity contribution < 1.29 is 0 Å². The Hall–Kier alpha value is -1.94. The lowest BCUT2D eigenvalue weighted by Crippen LogP contribution is -2.08. The van der Waals surface area contributed by atoms with E-state index in [1.807, 2.05) is 26.2 Å². The maximum atomic E-state index is 5.48. The molecule has 100 valence electrons. The van der Waals surface area contributed by atoms with Crippen LogP contribution in [0.15, 0.2) is 36.4 Å². The maximum absolute atomic E-state index is 5.48. The summed E-state index contributed by atoms with van der Waals surface area (Å²) in [4.78, 5) is 2.07. The highest BCUT2D eigenvalue weighted by molar-refractivity contribution is 5.62. The molecule has 0 fully saturated rings. The van der Waals surface area contributed by atoms with Gasteiger partial charge in [0.2, 0.25) is 0 Å². The summed E-state index contributed by atoms with van der Waals surface area (Å²) in [7, 11) is 4.06. The van der Waals surface area contributed by atoms with E-state index in [1.54, 1.807) is 0 Å². The first-order valence-corrected chi connectivity index (χ1v) is 6.51. The molecule has 0 radical (unpaired) electrons. The van der Waals surface area contributed by atoms with Crippen LogP contribution in [0.4, 0.5) is 5.69 Å². The SMILES string of the molecule is CN(C)c1ccc(-c2ccc(CCCN)nn2)cc1. The fourth-order valence-electron chi connectivity index (χ4n) is 1.86. The Labute approximate surface area is 114 Å². The highest BCUT2D eigenvalue weighted by Gasteiger charge is 2.02. The second-order valence-electron chi connectivity index (χ2n) is 4.74. The molecule has 4 heteroatoms. The number of anilines is 1.